The van der Waals surface area contributed by atoms with E-state index in [4.69, 9.17) is 0 Å². The minimum absolute atomic E-state index is 0.0558. The second-order valence-electron chi connectivity index (χ2n) is 7.20. The summed E-state index contributed by atoms with van der Waals surface area (Å²) in [6, 6.07) is 8.06. The number of nitrogens with zero attached hydrogens (tertiary/aromatic N) is 3. The van der Waals surface area contributed by atoms with Gasteiger partial charge in [-0.1, -0.05) is 18.2 Å². The van der Waals surface area contributed by atoms with Crippen LogP contribution in [0.4, 0.5) is 15.9 Å². The van der Waals surface area contributed by atoms with Crippen LogP contribution < -0.4 is 15.9 Å². The molecule has 7 nitrogen and oxygen atoms in total. The Balaban J connectivity index is 1.80. The van der Waals surface area contributed by atoms with Crippen LogP contribution in [0.15, 0.2) is 53.7 Å². The van der Waals surface area contributed by atoms with Crippen LogP contribution in [0.25, 0.3) is 11.1 Å². The zero-order valence-corrected chi connectivity index (χ0v) is 18.2. The van der Waals surface area contributed by atoms with Crippen LogP contribution in [0.3, 0.4) is 0 Å². The van der Waals surface area contributed by atoms with Crippen molar-refractivity contribution in [3.05, 3.63) is 70.8 Å². The van der Waals surface area contributed by atoms with Crippen molar-refractivity contribution < 1.29 is 9.18 Å². The van der Waals surface area contributed by atoms with Crippen molar-refractivity contribution in [2.45, 2.75) is 11.3 Å². The first-order valence-corrected chi connectivity index (χ1v) is 10.4. The minimum Gasteiger partial charge on any atom is -0.354 e. The highest BCUT2D eigenvalue weighted by atomic mass is 31.1. The number of benzene rings is 1. The molecule has 154 valence electrons. The first-order valence-electron chi connectivity index (χ1n) is 9.27. The van der Waals surface area contributed by atoms with E-state index in [0.717, 1.165) is 13.0 Å². The van der Waals surface area contributed by atoms with Crippen LogP contribution in [0.5, 0.6) is 0 Å². The van der Waals surface area contributed by atoms with Gasteiger partial charge in [-0.25, -0.2) is 19.2 Å². The van der Waals surface area contributed by atoms with Crippen molar-refractivity contribution >= 4 is 35.9 Å². The summed E-state index contributed by atoms with van der Waals surface area (Å²) in [6.45, 7) is 1.43. The van der Waals surface area contributed by atoms with Crippen LogP contribution in [0.1, 0.15) is 16.8 Å². The average Bonchev–Trinajstić information content (AvgIpc) is 3.09. The normalized spacial score (nSPS) is 15.2. The van der Waals surface area contributed by atoms with Gasteiger partial charge in [-0.15, -0.1) is 18.5 Å². The summed E-state index contributed by atoms with van der Waals surface area (Å²) in [5.74, 6) is -0.315. The van der Waals surface area contributed by atoms with E-state index in [2.05, 4.69) is 43.6 Å². The zero-order valence-electron chi connectivity index (χ0n) is 15.9. The molecule has 1 fully saturated rings. The number of pyridine rings is 1. The van der Waals surface area contributed by atoms with Crippen molar-refractivity contribution in [3.63, 3.8) is 0 Å². The van der Waals surface area contributed by atoms with Gasteiger partial charge in [0.2, 0.25) is 0 Å². The molecule has 2 aromatic heterocycles. The molecule has 3 heterocycles. The number of hydrogen-bond donors (Lipinski definition) is 2. The average molecular weight is 443 g/mol. The smallest absolute Gasteiger partial charge is 0.344 e. The fourth-order valence-corrected chi connectivity index (χ4v) is 4.11. The lowest BCUT2D eigenvalue weighted by Gasteiger charge is -2.24. The molecular formula is C20H20FN5O2P2. The Hall–Kier alpha value is -2.69. The quantitative estimate of drug-likeness (QED) is 0.606. The van der Waals surface area contributed by atoms with Crippen LogP contribution in [-0.2, 0) is 0 Å². The molecular weight excluding hydrogens is 423 g/mol. The number of H-pyrrole nitrogens is 1. The number of rotatable bonds is 4. The van der Waals surface area contributed by atoms with Gasteiger partial charge in [0, 0.05) is 47.7 Å². The highest BCUT2D eigenvalue weighted by molar-refractivity contribution is 7.40. The fraction of sp³-hybridized carbons (Fsp3) is 0.200. The SMILES string of the molecule is O=C(Nc1c(-c2ccccc2F)ccnc1N1CCC(P)(P)C1)c1cnc(=O)[nH]c1. The predicted octanol–water partition coefficient (Wildman–Crippen LogP) is 2.88. The number of aromatic nitrogens is 3. The van der Waals surface area contributed by atoms with Crippen molar-refractivity contribution in [2.75, 3.05) is 23.3 Å². The Morgan fingerprint density at radius 1 is 1.20 bits per heavy atom. The fourth-order valence-electron chi connectivity index (χ4n) is 3.41. The predicted molar refractivity (Wildman–Crippen MR) is 121 cm³/mol. The first-order chi connectivity index (χ1) is 14.3. The lowest BCUT2D eigenvalue weighted by Crippen LogP contribution is -2.26. The van der Waals surface area contributed by atoms with Crippen molar-refractivity contribution in [1.29, 1.82) is 0 Å². The Kier molecular flexibility index (Phi) is 5.63. The second kappa shape index (κ2) is 8.21. The van der Waals surface area contributed by atoms with Gasteiger partial charge < -0.3 is 15.2 Å². The van der Waals surface area contributed by atoms with E-state index in [9.17, 15) is 14.0 Å². The summed E-state index contributed by atoms with van der Waals surface area (Å²) in [5, 5.41) is 2.86. The molecule has 0 saturated carbocycles. The summed E-state index contributed by atoms with van der Waals surface area (Å²) < 4.78 is 14.6. The van der Waals surface area contributed by atoms with Crippen molar-refractivity contribution in [2.24, 2.45) is 0 Å². The summed E-state index contributed by atoms with van der Waals surface area (Å²) in [4.78, 5) is 36.6. The Morgan fingerprint density at radius 3 is 2.67 bits per heavy atom. The highest BCUT2D eigenvalue weighted by Crippen LogP contribution is 2.42. The van der Waals surface area contributed by atoms with Gasteiger partial charge in [0.15, 0.2) is 5.82 Å². The molecule has 4 rings (SSSR count). The number of nitrogens with one attached hydrogen (secondary N) is 2. The molecule has 30 heavy (non-hydrogen) atoms. The van der Waals surface area contributed by atoms with E-state index < -0.39 is 17.4 Å². The topological polar surface area (TPSA) is 91.0 Å². The monoisotopic (exact) mass is 443 g/mol. The van der Waals surface area contributed by atoms with Crippen molar-refractivity contribution in [1.82, 2.24) is 15.0 Å². The molecule has 0 aliphatic carbocycles. The molecule has 0 bridgehead atoms. The van der Waals surface area contributed by atoms with E-state index in [1.807, 2.05) is 0 Å². The van der Waals surface area contributed by atoms with E-state index in [-0.39, 0.29) is 10.5 Å². The maximum absolute atomic E-state index is 14.6. The van der Waals surface area contributed by atoms with Gasteiger partial charge in [0.05, 0.1) is 11.3 Å². The number of carbonyl (C=O) groups is 1. The molecule has 1 aliphatic heterocycles. The largest absolute Gasteiger partial charge is 0.354 e. The molecule has 0 radical (unpaired) electrons. The lowest BCUT2D eigenvalue weighted by atomic mass is 10.0. The van der Waals surface area contributed by atoms with E-state index >= 15 is 0 Å². The Morgan fingerprint density at radius 2 is 2.00 bits per heavy atom. The van der Waals surface area contributed by atoms with Crippen LogP contribution >= 0.6 is 18.5 Å². The van der Waals surface area contributed by atoms with Crippen LogP contribution in [0.2, 0.25) is 0 Å². The van der Waals surface area contributed by atoms with Gasteiger partial charge in [-0.3, -0.25) is 4.79 Å². The summed E-state index contributed by atoms with van der Waals surface area (Å²) >= 11 is 0. The lowest BCUT2D eigenvalue weighted by molar-refractivity contribution is 0.102. The molecule has 0 spiro atoms. The number of hydrogen-bond acceptors (Lipinski definition) is 5. The second-order valence-corrected chi connectivity index (χ2v) is 10.2. The number of aromatic amines is 1. The number of amides is 1. The maximum atomic E-state index is 14.6. The highest BCUT2D eigenvalue weighted by Gasteiger charge is 2.32. The first kappa shape index (κ1) is 20.6. The molecule has 2 atom stereocenters. The summed E-state index contributed by atoms with van der Waals surface area (Å²) in [5.41, 5.74) is 0.922. The molecule has 2 N–H and O–H groups in total. The standard InChI is InChI=1S/C20H20FN5O2P2/c21-15-4-2-1-3-13(15)14-5-7-22-17(26-8-6-20(29,30)11-26)16(14)25-18(27)12-9-23-19(28)24-10-12/h1-5,7,9-10H,6,8,11,29-30H2,(H,25,27)(H,23,24,28). The number of carbonyl (C=O) groups excluding carboxylic acids is 1. The number of halogens is 1. The third kappa shape index (κ3) is 4.25. The van der Waals surface area contributed by atoms with E-state index in [1.54, 1.807) is 30.5 Å². The molecule has 10 heteroatoms. The molecule has 1 saturated heterocycles. The summed E-state index contributed by atoms with van der Waals surface area (Å²) in [7, 11) is 5.65. The molecule has 1 aromatic carbocycles. The maximum Gasteiger partial charge on any atom is 0.344 e. The third-order valence-corrected chi connectivity index (χ3v) is 5.84. The van der Waals surface area contributed by atoms with E-state index in [0.29, 0.717) is 29.2 Å². The molecule has 2 unspecified atom stereocenters. The van der Waals surface area contributed by atoms with Crippen molar-refractivity contribution in [3.8, 4) is 11.1 Å². The van der Waals surface area contributed by atoms with Gasteiger partial charge in [-0.05, 0) is 18.6 Å². The molecule has 3 aromatic rings. The van der Waals surface area contributed by atoms with Gasteiger partial charge in [-0.2, -0.15) is 0 Å². The van der Waals surface area contributed by atoms with Gasteiger partial charge >= 0.3 is 5.69 Å². The zero-order chi connectivity index (χ0) is 21.3. The molecule has 1 aliphatic rings. The Labute approximate surface area is 176 Å². The minimum atomic E-state index is -0.546. The van der Waals surface area contributed by atoms with Gasteiger partial charge in [0.1, 0.15) is 5.82 Å². The summed E-state index contributed by atoms with van der Waals surface area (Å²) in [6.07, 6.45) is 5.00. The van der Waals surface area contributed by atoms with E-state index in [1.165, 1.54) is 18.5 Å². The Bertz CT molecular complexity index is 1150. The van der Waals surface area contributed by atoms with Crippen LogP contribution in [-0.4, -0.2) is 38.8 Å². The van der Waals surface area contributed by atoms with Crippen LogP contribution in [0, 0.1) is 5.82 Å². The number of anilines is 2. The third-order valence-electron chi connectivity index (χ3n) is 4.90. The van der Waals surface area contributed by atoms with Gasteiger partial charge in [0.25, 0.3) is 5.91 Å². The molecule has 1 amide bonds.